The molecule has 0 unspecified atom stereocenters. The van der Waals surface area contributed by atoms with Crippen LogP contribution in [-0.4, -0.2) is 146 Å². The number of hydrogen-bond acceptors (Lipinski definition) is 6. The Balaban J connectivity index is 9.68. The molecule has 0 aromatic rings. The highest BCUT2D eigenvalue weighted by molar-refractivity contribution is 8.25. The second-order valence-corrected chi connectivity index (χ2v) is 20.1. The standard InChI is InChI=1S/C21HF43O6S3/c22-2(23,4(26,27)10(38,39)16(50,51)52)3(24,25)7(32,33)13(44,45)19(59,60)71(65,66)1(72(67,68)20(61,62)14(46,47)8(34,35)5(28,29)11(40,41)17(53,54)55)73(69,70)21(63,64)15(48,49)9(36,37)6(30,31)12(42,43)18(56,57)58/h1H. The van der Waals surface area contributed by atoms with E-state index in [9.17, 15) is 214 Å². The molecular formula is C21HF43O6S3. The molecule has 0 heterocycles. The zero-order valence-corrected chi connectivity index (χ0v) is 33.0. The summed E-state index contributed by atoms with van der Waals surface area (Å²) in [5.74, 6) is -142. The third-order valence-electron chi connectivity index (χ3n) is 8.33. The van der Waals surface area contributed by atoms with Crippen molar-refractivity contribution in [3.63, 3.8) is 0 Å². The Kier molecular flexibility index (Phi) is 16.0. The van der Waals surface area contributed by atoms with Crippen LogP contribution >= 0.6 is 0 Å². The van der Waals surface area contributed by atoms with Crippen molar-refractivity contribution in [2.24, 2.45) is 0 Å². The van der Waals surface area contributed by atoms with Crippen LogP contribution < -0.4 is 0 Å². The highest BCUT2D eigenvalue weighted by Gasteiger charge is 3.00. The average Bonchev–Trinajstić information content (AvgIpc) is 3.11. The molecule has 0 N–H and O–H groups in total. The minimum absolute atomic E-state index is 8.73. The minimum atomic E-state index is -12.1. The maximum absolute atomic E-state index is 14.9. The van der Waals surface area contributed by atoms with Gasteiger partial charge in [0.15, 0.2) is 0 Å². The third-order valence-corrected chi connectivity index (χ3v) is 17.3. The van der Waals surface area contributed by atoms with Gasteiger partial charge in [0.1, 0.15) is 0 Å². The van der Waals surface area contributed by atoms with Gasteiger partial charge in [-0.25, -0.2) is 25.3 Å². The van der Waals surface area contributed by atoms with Crippen LogP contribution in [0.2, 0.25) is 0 Å². The van der Waals surface area contributed by atoms with Crippen LogP contribution in [0.3, 0.4) is 0 Å². The molecule has 0 saturated heterocycles. The highest BCUT2D eigenvalue weighted by atomic mass is 32.3. The molecule has 0 aliphatic carbocycles. The number of sulfone groups is 3. The molecule has 73 heavy (non-hydrogen) atoms. The van der Waals surface area contributed by atoms with Crippen molar-refractivity contribution in [1.29, 1.82) is 0 Å². The van der Waals surface area contributed by atoms with Crippen molar-refractivity contribution in [2.75, 3.05) is 0 Å². The summed E-state index contributed by atoms with van der Waals surface area (Å²) in [6.07, 6.45) is -26.4. The van der Waals surface area contributed by atoms with E-state index < -0.39 is 151 Å². The first-order valence-electron chi connectivity index (χ1n) is 14.7. The predicted molar refractivity (Wildman–Crippen MR) is 133 cm³/mol. The van der Waals surface area contributed by atoms with Crippen molar-refractivity contribution in [3.8, 4) is 0 Å². The number of hydrogen-bond donors (Lipinski definition) is 0. The summed E-state index contributed by atoms with van der Waals surface area (Å²) in [5.41, 5.74) is 0. The first-order valence-corrected chi connectivity index (χ1v) is 19.3. The Morgan fingerprint density at radius 1 is 0.164 bits per heavy atom. The van der Waals surface area contributed by atoms with Gasteiger partial charge < -0.3 is 0 Å². The lowest BCUT2D eigenvalue weighted by molar-refractivity contribution is -0.458. The van der Waals surface area contributed by atoms with Crippen LogP contribution in [0, 0.1) is 0 Å². The fourth-order valence-electron chi connectivity index (χ4n) is 4.06. The first-order chi connectivity index (χ1) is 30.4. The van der Waals surface area contributed by atoms with E-state index in [0.717, 1.165) is 0 Å². The van der Waals surface area contributed by atoms with Crippen LogP contribution in [0.5, 0.6) is 0 Å². The molecule has 0 atom stereocenters. The van der Waals surface area contributed by atoms with E-state index in [0.29, 0.717) is 0 Å². The molecule has 0 saturated carbocycles. The molecule has 0 aliphatic heterocycles. The van der Waals surface area contributed by atoms with Gasteiger partial charge in [0, 0.05) is 0 Å². The minimum Gasteiger partial charge on any atom is -0.220 e. The van der Waals surface area contributed by atoms with Gasteiger partial charge in [0.2, 0.25) is 0 Å². The number of halogens is 43. The molecule has 0 bridgehead atoms. The summed E-state index contributed by atoms with van der Waals surface area (Å²) in [7, 11) is -36.1. The van der Waals surface area contributed by atoms with E-state index in [2.05, 4.69) is 0 Å². The second kappa shape index (κ2) is 16.7. The first kappa shape index (κ1) is 69.8. The smallest absolute Gasteiger partial charge is 0.220 e. The van der Waals surface area contributed by atoms with E-state index in [1.165, 1.54) is 0 Å². The lowest BCUT2D eigenvalue weighted by Crippen LogP contribution is -2.76. The van der Waals surface area contributed by atoms with Crippen molar-refractivity contribution in [3.05, 3.63) is 0 Å². The van der Waals surface area contributed by atoms with Crippen molar-refractivity contribution >= 4 is 29.5 Å². The molecule has 0 aromatic carbocycles. The number of rotatable bonds is 20. The van der Waals surface area contributed by atoms with Gasteiger partial charge in [-0.3, -0.25) is 0 Å². The van der Waals surface area contributed by atoms with Gasteiger partial charge in [-0.2, -0.15) is 189 Å². The summed E-state index contributed by atoms with van der Waals surface area (Å²) in [4.78, 5) is 0. The van der Waals surface area contributed by atoms with Gasteiger partial charge >= 0.3 is 117 Å². The molecule has 0 rings (SSSR count). The van der Waals surface area contributed by atoms with E-state index in [1.807, 2.05) is 0 Å². The zero-order valence-electron chi connectivity index (χ0n) is 30.5. The third kappa shape index (κ3) is 8.10. The summed E-state index contributed by atoms with van der Waals surface area (Å²) < 4.78 is 652. The topological polar surface area (TPSA) is 102 Å². The van der Waals surface area contributed by atoms with Gasteiger partial charge in [-0.1, -0.05) is 0 Å². The predicted octanol–water partition coefficient (Wildman–Crippen LogP) is 11.9. The lowest BCUT2D eigenvalue weighted by atomic mass is 9.91. The summed E-state index contributed by atoms with van der Waals surface area (Å²) in [6.45, 7) is 0. The average molecular weight is 1260 g/mol. The fraction of sp³-hybridized carbons (Fsp3) is 1.00. The van der Waals surface area contributed by atoms with Crippen molar-refractivity contribution in [2.45, 2.75) is 121 Å². The Bertz CT molecular complexity index is 2310. The Labute approximate surface area is 365 Å². The van der Waals surface area contributed by atoms with Crippen molar-refractivity contribution < 1.29 is 214 Å². The maximum atomic E-state index is 14.9. The molecule has 6 nitrogen and oxygen atoms in total. The Morgan fingerprint density at radius 3 is 0.370 bits per heavy atom. The molecule has 52 heteroatoms. The monoisotopic (exact) mass is 1260 g/mol. The largest absolute Gasteiger partial charge is 0.460 e. The SMILES string of the molecule is O=S(=O)(C(S(=O)(=O)C(F)(F)C(F)(F)C(F)(F)C(F)(F)C(F)(F)C(F)(F)F)S(=O)(=O)C(F)(F)C(F)(F)C(F)(F)C(F)(F)C(F)(F)C(F)(F)C(F)(F)C(F)(F)F)C(F)(F)C(F)(F)C(F)(F)C(F)(F)C(F)(F)C(F)(F)F. The van der Waals surface area contributed by atoms with Gasteiger partial charge in [0.25, 0.3) is 33.4 Å². The van der Waals surface area contributed by atoms with Crippen LogP contribution in [-0.2, 0) is 29.5 Å². The van der Waals surface area contributed by atoms with Crippen LogP contribution in [0.4, 0.5) is 189 Å². The normalized spacial score (nSPS) is 17.4. The van der Waals surface area contributed by atoms with Gasteiger partial charge in [-0.15, -0.1) is 0 Å². The Hall–Kier alpha value is -3.16. The second-order valence-electron chi connectivity index (χ2n) is 13.0. The summed E-state index contributed by atoms with van der Waals surface area (Å²) in [6, 6.07) is 0. The molecular weight excluding hydrogens is 1260 g/mol. The quantitative estimate of drug-likeness (QED) is 0.113. The molecule has 0 fully saturated rings. The highest BCUT2D eigenvalue weighted by Crippen LogP contribution is 2.68. The summed E-state index contributed by atoms with van der Waals surface area (Å²) >= 11 is 0. The maximum Gasteiger partial charge on any atom is 0.460 e. The van der Waals surface area contributed by atoms with Crippen LogP contribution in [0.1, 0.15) is 0 Å². The molecule has 0 radical (unpaired) electrons. The lowest BCUT2D eigenvalue weighted by Gasteiger charge is -2.43. The van der Waals surface area contributed by atoms with Crippen LogP contribution in [0.25, 0.3) is 0 Å². The van der Waals surface area contributed by atoms with Gasteiger partial charge in [0.05, 0.1) is 0 Å². The molecule has 0 spiro atoms. The Morgan fingerprint density at radius 2 is 0.260 bits per heavy atom. The molecule has 0 amide bonds. The fourth-order valence-corrected chi connectivity index (χ4v) is 12.4. The summed E-state index contributed by atoms with van der Waals surface area (Å²) in [5, 5.41) is -32.3. The van der Waals surface area contributed by atoms with Gasteiger partial charge in [-0.05, 0) is 0 Å². The van der Waals surface area contributed by atoms with Crippen molar-refractivity contribution in [1.82, 2.24) is 0 Å². The van der Waals surface area contributed by atoms with Crippen LogP contribution in [0.15, 0.2) is 0 Å². The zero-order chi connectivity index (χ0) is 61.1. The molecule has 440 valence electrons. The van der Waals surface area contributed by atoms with E-state index >= 15 is 0 Å². The van der Waals surface area contributed by atoms with E-state index in [-0.39, 0.29) is 0 Å². The molecule has 0 aliphatic rings. The number of alkyl halides is 43. The van der Waals surface area contributed by atoms with E-state index in [4.69, 9.17) is 0 Å². The molecule has 0 aromatic heterocycles. The van der Waals surface area contributed by atoms with E-state index in [1.54, 1.807) is 0 Å².